The molecule has 0 aromatic carbocycles. The maximum Gasteiger partial charge on any atom is 0.313 e. The fourth-order valence-corrected chi connectivity index (χ4v) is 1.96. The van der Waals surface area contributed by atoms with Crippen molar-refractivity contribution >= 4 is 5.97 Å². The molecule has 94 valence electrons. The molecule has 4 nitrogen and oxygen atoms in total. The van der Waals surface area contributed by atoms with Gasteiger partial charge in [-0.1, -0.05) is 13.8 Å². The molecular weight excluding hydrogens is 206 g/mol. The summed E-state index contributed by atoms with van der Waals surface area (Å²) in [4.78, 5) is 11.9. The summed E-state index contributed by atoms with van der Waals surface area (Å²) in [6.07, 6.45) is 2.73. The number of hydrogen-bond donors (Lipinski definition) is 1. The van der Waals surface area contributed by atoms with Crippen LogP contribution in [-0.2, 0) is 14.3 Å². The Kier molecular flexibility index (Phi) is 5.77. The number of carbonyl (C=O) groups excluding carboxylic acids is 1. The van der Waals surface area contributed by atoms with Crippen LogP contribution in [0.1, 0.15) is 33.1 Å². The molecule has 0 radical (unpaired) electrons. The first-order valence-corrected chi connectivity index (χ1v) is 6.21. The van der Waals surface area contributed by atoms with Crippen molar-refractivity contribution in [2.24, 2.45) is 5.41 Å². The van der Waals surface area contributed by atoms with Crippen LogP contribution in [0, 0.1) is 5.41 Å². The number of ether oxygens (including phenoxy) is 2. The van der Waals surface area contributed by atoms with Gasteiger partial charge in [0.05, 0.1) is 12.0 Å². The van der Waals surface area contributed by atoms with Crippen LogP contribution in [0.4, 0.5) is 0 Å². The van der Waals surface area contributed by atoms with Crippen LogP contribution >= 0.6 is 0 Å². The number of esters is 1. The van der Waals surface area contributed by atoms with Crippen molar-refractivity contribution in [2.75, 3.05) is 32.9 Å². The van der Waals surface area contributed by atoms with E-state index in [-0.39, 0.29) is 11.4 Å². The summed E-state index contributed by atoms with van der Waals surface area (Å²) < 4.78 is 10.5. The highest BCUT2D eigenvalue weighted by atomic mass is 16.6. The molecule has 1 atom stereocenters. The topological polar surface area (TPSA) is 47.6 Å². The molecule has 16 heavy (non-hydrogen) atoms. The summed E-state index contributed by atoms with van der Waals surface area (Å²) >= 11 is 0. The second kappa shape index (κ2) is 6.86. The Balaban J connectivity index is 2.22. The first-order valence-electron chi connectivity index (χ1n) is 6.21. The second-order valence-electron chi connectivity index (χ2n) is 4.31. The van der Waals surface area contributed by atoms with Crippen LogP contribution in [0.15, 0.2) is 0 Å². The maximum atomic E-state index is 11.9. The van der Waals surface area contributed by atoms with Gasteiger partial charge in [-0.2, -0.15) is 0 Å². The highest BCUT2D eigenvalue weighted by Crippen LogP contribution is 2.30. The molecule has 1 heterocycles. The molecule has 1 saturated heterocycles. The Labute approximate surface area is 97.7 Å². The first-order chi connectivity index (χ1) is 7.75. The molecule has 0 bridgehead atoms. The lowest BCUT2D eigenvalue weighted by Crippen LogP contribution is -2.35. The molecule has 1 aliphatic heterocycles. The van der Waals surface area contributed by atoms with E-state index in [0.717, 1.165) is 39.0 Å². The van der Waals surface area contributed by atoms with E-state index >= 15 is 0 Å². The normalized spacial score (nSPS) is 24.6. The fraction of sp³-hybridized carbons (Fsp3) is 0.917. The van der Waals surface area contributed by atoms with Crippen LogP contribution in [0.3, 0.4) is 0 Å². The van der Waals surface area contributed by atoms with Gasteiger partial charge in [0.15, 0.2) is 0 Å². The van der Waals surface area contributed by atoms with Crippen LogP contribution in [0.25, 0.3) is 0 Å². The summed E-state index contributed by atoms with van der Waals surface area (Å²) in [5, 5.41) is 3.22. The lowest BCUT2D eigenvalue weighted by Gasteiger charge is -2.23. The molecule has 4 heteroatoms. The summed E-state index contributed by atoms with van der Waals surface area (Å²) in [6, 6.07) is 0. The average molecular weight is 229 g/mol. The third-order valence-corrected chi connectivity index (χ3v) is 3.16. The summed E-state index contributed by atoms with van der Waals surface area (Å²) in [7, 11) is 0. The monoisotopic (exact) mass is 229 g/mol. The SMILES string of the molecule is CCCOCCOC(=O)C1(CC)CCNC1. The molecule has 0 saturated carbocycles. The van der Waals surface area contributed by atoms with Gasteiger partial charge in [0, 0.05) is 13.2 Å². The lowest BCUT2D eigenvalue weighted by atomic mass is 9.84. The molecule has 0 aromatic heterocycles. The van der Waals surface area contributed by atoms with E-state index in [1.54, 1.807) is 0 Å². The average Bonchev–Trinajstić information content (AvgIpc) is 2.78. The molecule has 0 amide bonds. The largest absolute Gasteiger partial charge is 0.463 e. The highest BCUT2D eigenvalue weighted by Gasteiger charge is 2.40. The van der Waals surface area contributed by atoms with Crippen molar-refractivity contribution in [3.63, 3.8) is 0 Å². The van der Waals surface area contributed by atoms with E-state index < -0.39 is 0 Å². The highest BCUT2D eigenvalue weighted by molar-refractivity contribution is 5.77. The van der Waals surface area contributed by atoms with Crippen LogP contribution in [0.2, 0.25) is 0 Å². The zero-order valence-electron chi connectivity index (χ0n) is 10.4. The Morgan fingerprint density at radius 3 is 2.69 bits per heavy atom. The Morgan fingerprint density at radius 2 is 2.12 bits per heavy atom. The Bertz CT molecular complexity index is 212. The Morgan fingerprint density at radius 1 is 1.31 bits per heavy atom. The minimum absolute atomic E-state index is 0.0694. The van der Waals surface area contributed by atoms with Crippen molar-refractivity contribution in [1.82, 2.24) is 5.32 Å². The third kappa shape index (κ3) is 3.46. The lowest BCUT2D eigenvalue weighted by molar-refractivity contribution is -0.156. The summed E-state index contributed by atoms with van der Waals surface area (Å²) in [5.74, 6) is -0.0694. The van der Waals surface area contributed by atoms with Gasteiger partial charge in [-0.05, 0) is 25.8 Å². The molecule has 1 fully saturated rings. The molecular formula is C12H23NO3. The smallest absolute Gasteiger partial charge is 0.313 e. The number of nitrogens with one attached hydrogen (secondary N) is 1. The van der Waals surface area contributed by atoms with Crippen molar-refractivity contribution in [3.8, 4) is 0 Å². The second-order valence-corrected chi connectivity index (χ2v) is 4.31. The van der Waals surface area contributed by atoms with Crippen LogP contribution in [0.5, 0.6) is 0 Å². The van der Waals surface area contributed by atoms with Gasteiger partial charge in [-0.3, -0.25) is 4.79 Å². The van der Waals surface area contributed by atoms with Crippen LogP contribution in [-0.4, -0.2) is 38.9 Å². The minimum Gasteiger partial charge on any atom is -0.463 e. The quantitative estimate of drug-likeness (QED) is 0.529. The van der Waals surface area contributed by atoms with Gasteiger partial charge in [0.25, 0.3) is 0 Å². The van der Waals surface area contributed by atoms with Gasteiger partial charge in [0.2, 0.25) is 0 Å². The molecule has 1 rings (SSSR count). The number of carbonyl (C=O) groups is 1. The molecule has 1 unspecified atom stereocenters. The van der Waals surface area contributed by atoms with Crippen molar-refractivity contribution in [3.05, 3.63) is 0 Å². The van der Waals surface area contributed by atoms with Gasteiger partial charge in [-0.25, -0.2) is 0 Å². The van der Waals surface area contributed by atoms with E-state index in [1.165, 1.54) is 0 Å². The maximum absolute atomic E-state index is 11.9. The van der Waals surface area contributed by atoms with Crippen molar-refractivity contribution < 1.29 is 14.3 Å². The molecule has 1 N–H and O–H groups in total. The molecule has 0 aliphatic carbocycles. The number of rotatable bonds is 7. The third-order valence-electron chi connectivity index (χ3n) is 3.16. The summed E-state index contributed by atoms with van der Waals surface area (Å²) in [5.41, 5.74) is -0.287. The van der Waals surface area contributed by atoms with E-state index in [0.29, 0.717) is 13.2 Å². The first kappa shape index (κ1) is 13.5. The molecule has 1 aliphatic rings. The van der Waals surface area contributed by atoms with Gasteiger partial charge >= 0.3 is 5.97 Å². The minimum atomic E-state index is -0.287. The van der Waals surface area contributed by atoms with Crippen molar-refractivity contribution in [2.45, 2.75) is 33.1 Å². The van der Waals surface area contributed by atoms with E-state index in [9.17, 15) is 4.79 Å². The standard InChI is InChI=1S/C12H23NO3/c1-3-7-15-8-9-16-11(14)12(4-2)5-6-13-10-12/h13H,3-10H2,1-2H3. The van der Waals surface area contributed by atoms with Gasteiger partial charge in [0.1, 0.15) is 6.61 Å². The van der Waals surface area contributed by atoms with E-state index in [4.69, 9.17) is 9.47 Å². The fourth-order valence-electron chi connectivity index (χ4n) is 1.96. The summed E-state index contributed by atoms with van der Waals surface area (Å²) in [6.45, 7) is 7.38. The van der Waals surface area contributed by atoms with Crippen molar-refractivity contribution in [1.29, 1.82) is 0 Å². The van der Waals surface area contributed by atoms with E-state index in [1.807, 2.05) is 6.92 Å². The van der Waals surface area contributed by atoms with E-state index in [2.05, 4.69) is 12.2 Å². The predicted octanol–water partition coefficient (Wildman–Crippen LogP) is 1.35. The van der Waals surface area contributed by atoms with Gasteiger partial charge < -0.3 is 14.8 Å². The Hall–Kier alpha value is -0.610. The predicted molar refractivity (Wildman–Crippen MR) is 62.3 cm³/mol. The van der Waals surface area contributed by atoms with Crippen LogP contribution < -0.4 is 5.32 Å². The molecule has 0 aromatic rings. The zero-order chi connectivity index (χ0) is 11.9. The zero-order valence-corrected chi connectivity index (χ0v) is 10.4. The van der Waals surface area contributed by atoms with Gasteiger partial charge in [-0.15, -0.1) is 0 Å². The molecule has 0 spiro atoms. The number of hydrogen-bond acceptors (Lipinski definition) is 4.